The Morgan fingerprint density at radius 3 is 1.93 bits per heavy atom. The van der Waals surface area contributed by atoms with Crippen LogP contribution >= 0.6 is 0 Å². The molecule has 41 heavy (non-hydrogen) atoms. The van der Waals surface area contributed by atoms with Gasteiger partial charge in [-0.25, -0.2) is 9.59 Å². The Hall–Kier alpha value is -4.64. The summed E-state index contributed by atoms with van der Waals surface area (Å²) in [4.78, 5) is 37.0. The molecule has 0 amide bonds. The maximum atomic E-state index is 13.0. The van der Waals surface area contributed by atoms with E-state index in [1.165, 1.54) is 0 Å². The molecule has 0 saturated carbocycles. The molecule has 5 rings (SSSR count). The monoisotopic (exact) mass is 589 g/mol. The molecule has 0 radical (unpaired) electrons. The van der Waals surface area contributed by atoms with Crippen LogP contribution in [0, 0.1) is 6.92 Å². The molecule has 2 aliphatic rings. The third-order valence-electron chi connectivity index (χ3n) is 6.14. The molecule has 0 aromatic carbocycles. The van der Waals surface area contributed by atoms with Crippen LogP contribution in [0.4, 0.5) is 32.2 Å². The van der Waals surface area contributed by atoms with Crippen molar-refractivity contribution in [2.45, 2.75) is 44.1 Å². The van der Waals surface area contributed by atoms with Gasteiger partial charge in [-0.1, -0.05) is 0 Å². The molecule has 0 aliphatic carbocycles. The predicted octanol–water partition coefficient (Wildman–Crippen LogP) is 2.62. The van der Waals surface area contributed by atoms with Gasteiger partial charge in [-0.15, -0.1) is 15.3 Å². The number of aromatic nitrogens is 6. The fraction of sp³-hybridized carbons (Fsp3) is 0.391. The summed E-state index contributed by atoms with van der Waals surface area (Å²) in [5, 5.41) is 31.5. The lowest BCUT2D eigenvalue weighted by Crippen LogP contribution is -2.33. The van der Waals surface area contributed by atoms with E-state index >= 15 is 0 Å². The molecule has 1 fully saturated rings. The molecular formula is C23H21F6N7O5. The molecule has 0 bridgehead atoms. The summed E-state index contributed by atoms with van der Waals surface area (Å²) < 4.78 is 65.3. The third kappa shape index (κ3) is 7.31. The van der Waals surface area contributed by atoms with Gasteiger partial charge in [0.15, 0.2) is 11.5 Å². The zero-order valence-electron chi connectivity index (χ0n) is 21.0. The largest absolute Gasteiger partial charge is 0.490 e. The number of hydrogen-bond acceptors (Lipinski definition) is 9. The molecule has 1 spiro atoms. The van der Waals surface area contributed by atoms with E-state index < -0.39 is 24.3 Å². The minimum atomic E-state index is -5.08. The lowest BCUT2D eigenvalue weighted by molar-refractivity contribution is -0.193. The Balaban J connectivity index is 0.000000276. The minimum Gasteiger partial charge on any atom is -0.475 e. The number of aliphatic carboxylic acids is 2. The van der Waals surface area contributed by atoms with Gasteiger partial charge in [-0.2, -0.15) is 31.4 Å². The lowest BCUT2D eigenvalue weighted by atomic mass is 9.85. The van der Waals surface area contributed by atoms with Crippen molar-refractivity contribution in [2.75, 3.05) is 18.0 Å². The first-order chi connectivity index (χ1) is 19.0. The Morgan fingerprint density at radius 2 is 1.41 bits per heavy atom. The normalized spacial score (nSPS) is 17.7. The van der Waals surface area contributed by atoms with E-state index in [1.807, 2.05) is 19.1 Å². The van der Waals surface area contributed by atoms with Gasteiger partial charge in [0.05, 0.1) is 11.1 Å². The summed E-state index contributed by atoms with van der Waals surface area (Å²) in [6.07, 6.45) is -5.02. The van der Waals surface area contributed by atoms with Gasteiger partial charge >= 0.3 is 24.3 Å². The SMILES string of the molecule is Cc1ccc(N2CCC3(CCn4c3nnc(-c3ccncc3)c4=O)C2)nn1.O=C(O)C(F)(F)F.O=C(O)C(F)(F)F. The van der Waals surface area contributed by atoms with E-state index in [1.54, 1.807) is 29.1 Å². The maximum absolute atomic E-state index is 13.0. The van der Waals surface area contributed by atoms with Crippen LogP contribution in [-0.2, 0) is 21.5 Å². The Labute approximate surface area is 226 Å². The standard InChI is InChI=1S/C19H19N7O.2C2HF3O2/c1-13-2-3-15(22-21-13)25-10-6-19(12-25)7-11-26-17(27)16(23-24-18(19)26)14-4-8-20-9-5-14;2*3-2(4,5)1(6)7/h2-5,8-9H,6-7,10-12H2,1H3;2*(H,6,7). The highest BCUT2D eigenvalue weighted by Gasteiger charge is 2.47. The highest BCUT2D eigenvalue weighted by molar-refractivity contribution is 5.73. The number of anilines is 1. The second-order valence-electron chi connectivity index (χ2n) is 8.91. The number of carbonyl (C=O) groups is 2. The smallest absolute Gasteiger partial charge is 0.475 e. The Morgan fingerprint density at radius 1 is 0.854 bits per heavy atom. The number of rotatable bonds is 2. The van der Waals surface area contributed by atoms with Gasteiger partial charge in [0, 0.05) is 37.6 Å². The first kappa shape index (κ1) is 30.9. The second kappa shape index (κ2) is 11.8. The number of carboxylic acids is 2. The second-order valence-corrected chi connectivity index (χ2v) is 8.91. The number of fused-ring (bicyclic) bond motifs is 2. The number of nitrogens with zero attached hydrogens (tertiary/aromatic N) is 7. The van der Waals surface area contributed by atoms with E-state index in [2.05, 4.69) is 30.3 Å². The Bertz CT molecular complexity index is 1420. The van der Waals surface area contributed by atoms with Gasteiger partial charge in [0.25, 0.3) is 5.56 Å². The van der Waals surface area contributed by atoms with Crippen LogP contribution in [0.2, 0.25) is 0 Å². The summed E-state index contributed by atoms with van der Waals surface area (Å²) in [5.41, 5.74) is 1.82. The van der Waals surface area contributed by atoms with Crippen LogP contribution in [0.25, 0.3) is 11.3 Å². The molecule has 2 aliphatic heterocycles. The van der Waals surface area contributed by atoms with Gasteiger partial charge in [0.1, 0.15) is 5.82 Å². The van der Waals surface area contributed by atoms with Crippen molar-refractivity contribution in [3.63, 3.8) is 0 Å². The van der Waals surface area contributed by atoms with Gasteiger partial charge < -0.3 is 15.1 Å². The third-order valence-corrected chi connectivity index (χ3v) is 6.14. The van der Waals surface area contributed by atoms with E-state index in [0.717, 1.165) is 48.8 Å². The topological polar surface area (TPSA) is 164 Å². The van der Waals surface area contributed by atoms with Crippen molar-refractivity contribution in [2.24, 2.45) is 0 Å². The zero-order chi connectivity index (χ0) is 30.6. The van der Waals surface area contributed by atoms with Crippen molar-refractivity contribution in [3.8, 4) is 11.3 Å². The first-order valence-corrected chi connectivity index (χ1v) is 11.6. The molecule has 220 valence electrons. The summed E-state index contributed by atoms with van der Waals surface area (Å²) in [6, 6.07) is 7.55. The zero-order valence-corrected chi connectivity index (χ0v) is 21.0. The predicted molar refractivity (Wildman–Crippen MR) is 127 cm³/mol. The van der Waals surface area contributed by atoms with Crippen LogP contribution in [0.1, 0.15) is 24.4 Å². The van der Waals surface area contributed by atoms with E-state index in [-0.39, 0.29) is 11.0 Å². The molecule has 3 aromatic heterocycles. The average molecular weight is 589 g/mol. The highest BCUT2D eigenvalue weighted by atomic mass is 19.4. The fourth-order valence-corrected chi connectivity index (χ4v) is 4.16. The van der Waals surface area contributed by atoms with Crippen LogP contribution in [-0.4, -0.2) is 77.5 Å². The number of pyridine rings is 1. The van der Waals surface area contributed by atoms with Gasteiger partial charge in [0.2, 0.25) is 0 Å². The summed E-state index contributed by atoms with van der Waals surface area (Å²) >= 11 is 0. The summed E-state index contributed by atoms with van der Waals surface area (Å²) in [7, 11) is 0. The van der Waals surface area contributed by atoms with E-state index in [4.69, 9.17) is 19.8 Å². The quantitative estimate of drug-likeness (QED) is 0.422. The molecule has 12 nitrogen and oxygen atoms in total. The molecule has 5 heterocycles. The van der Waals surface area contributed by atoms with Crippen LogP contribution in [0.5, 0.6) is 0 Å². The van der Waals surface area contributed by atoms with E-state index in [9.17, 15) is 31.1 Å². The molecule has 1 atom stereocenters. The van der Waals surface area contributed by atoms with Crippen LogP contribution in [0.3, 0.4) is 0 Å². The molecule has 2 N–H and O–H groups in total. The summed E-state index contributed by atoms with van der Waals surface area (Å²) in [6.45, 7) is 4.26. The van der Waals surface area contributed by atoms with Crippen LogP contribution in [0.15, 0.2) is 41.5 Å². The van der Waals surface area contributed by atoms with E-state index in [0.29, 0.717) is 12.2 Å². The van der Waals surface area contributed by atoms with Crippen LogP contribution < -0.4 is 10.5 Å². The summed E-state index contributed by atoms with van der Waals surface area (Å²) in [5.74, 6) is -3.84. The molecule has 1 saturated heterocycles. The Kier molecular flexibility index (Phi) is 8.93. The van der Waals surface area contributed by atoms with Gasteiger partial charge in [-0.3, -0.25) is 14.3 Å². The first-order valence-electron chi connectivity index (χ1n) is 11.6. The van der Waals surface area contributed by atoms with Gasteiger partial charge in [-0.05, 0) is 44.0 Å². The molecular weight excluding hydrogens is 568 g/mol. The number of halogens is 6. The average Bonchev–Trinajstić information content (AvgIpc) is 3.50. The maximum Gasteiger partial charge on any atom is 0.490 e. The fourth-order valence-electron chi connectivity index (χ4n) is 4.16. The number of alkyl halides is 6. The molecule has 18 heteroatoms. The minimum absolute atomic E-state index is 0.0725. The number of hydrogen-bond donors (Lipinski definition) is 2. The lowest BCUT2D eigenvalue weighted by Gasteiger charge is -2.23. The van der Waals surface area contributed by atoms with Crippen molar-refractivity contribution < 1.29 is 46.1 Å². The number of aryl methyl sites for hydroxylation is 1. The highest BCUT2D eigenvalue weighted by Crippen LogP contribution is 2.41. The molecule has 1 unspecified atom stereocenters. The number of carboxylic acid groups (broad SMARTS) is 2. The van der Waals surface area contributed by atoms with Crippen molar-refractivity contribution in [3.05, 3.63) is 58.5 Å². The van der Waals surface area contributed by atoms with Crippen molar-refractivity contribution in [1.29, 1.82) is 0 Å². The molecule has 3 aromatic rings. The van der Waals surface area contributed by atoms with Crippen molar-refractivity contribution in [1.82, 2.24) is 29.9 Å². The van der Waals surface area contributed by atoms with Crippen molar-refractivity contribution >= 4 is 17.8 Å².